The van der Waals surface area contributed by atoms with Crippen LogP contribution in [-0.4, -0.2) is 17.6 Å². The van der Waals surface area contributed by atoms with Gasteiger partial charge in [0.15, 0.2) is 5.11 Å². The lowest BCUT2D eigenvalue weighted by Crippen LogP contribution is -2.29. The minimum Gasteiger partial charge on any atom is -0.363 e. The molecule has 22 heavy (non-hydrogen) atoms. The van der Waals surface area contributed by atoms with Gasteiger partial charge in [-0.2, -0.15) is 0 Å². The Morgan fingerprint density at radius 1 is 1.09 bits per heavy atom. The van der Waals surface area contributed by atoms with E-state index in [1.54, 1.807) is 42.5 Å². The lowest BCUT2D eigenvalue weighted by atomic mass is 10.1. The van der Waals surface area contributed by atoms with Crippen LogP contribution in [0.2, 0.25) is 5.02 Å². The number of hydrogen-bond acceptors (Lipinski definition) is 2. The van der Waals surface area contributed by atoms with Gasteiger partial charge in [-0.3, -0.25) is 4.79 Å². The van der Waals surface area contributed by atoms with Crippen LogP contribution in [0.15, 0.2) is 48.5 Å². The summed E-state index contributed by atoms with van der Waals surface area (Å²) in [5.41, 5.74) is 1.84. The van der Waals surface area contributed by atoms with E-state index in [4.69, 9.17) is 23.8 Å². The number of benzene rings is 2. The number of carbonyl (C=O) groups is 1. The van der Waals surface area contributed by atoms with Crippen LogP contribution >= 0.6 is 23.8 Å². The summed E-state index contributed by atoms with van der Waals surface area (Å²) < 4.78 is 0. The molecule has 2 aromatic rings. The van der Waals surface area contributed by atoms with E-state index in [1.165, 1.54) is 0 Å². The summed E-state index contributed by atoms with van der Waals surface area (Å²) in [4.78, 5) is 12.4. The smallest absolute Gasteiger partial charge is 0.257 e. The van der Waals surface area contributed by atoms with Crippen LogP contribution in [0.4, 0.5) is 11.4 Å². The third kappa shape index (κ3) is 4.44. The van der Waals surface area contributed by atoms with Gasteiger partial charge in [0.05, 0.1) is 11.3 Å². The Morgan fingerprint density at radius 2 is 1.77 bits per heavy atom. The summed E-state index contributed by atoms with van der Waals surface area (Å²) in [6.07, 6.45) is 0. The fourth-order valence-electron chi connectivity index (χ4n) is 1.85. The van der Waals surface area contributed by atoms with Gasteiger partial charge in [-0.1, -0.05) is 23.7 Å². The van der Waals surface area contributed by atoms with Gasteiger partial charge in [-0.05, 0) is 55.5 Å². The molecule has 0 heterocycles. The van der Waals surface area contributed by atoms with Crippen molar-refractivity contribution >= 4 is 46.2 Å². The Hall–Kier alpha value is -2.11. The second-order valence-electron chi connectivity index (χ2n) is 4.49. The first-order valence-corrected chi connectivity index (χ1v) is 7.59. The SMILES string of the molecule is CCNC(=S)Nc1ccccc1C(=O)Nc1ccc(Cl)cc1. The molecule has 2 rings (SSSR count). The summed E-state index contributed by atoms with van der Waals surface area (Å²) in [5, 5.41) is 9.95. The second kappa shape index (κ2) is 7.77. The zero-order valence-electron chi connectivity index (χ0n) is 12.0. The Labute approximate surface area is 139 Å². The molecule has 2 aromatic carbocycles. The molecule has 0 atom stereocenters. The first-order chi connectivity index (χ1) is 10.6. The van der Waals surface area contributed by atoms with Gasteiger partial charge in [0.25, 0.3) is 5.91 Å². The van der Waals surface area contributed by atoms with E-state index >= 15 is 0 Å². The van der Waals surface area contributed by atoms with Crippen LogP contribution in [0.3, 0.4) is 0 Å². The number of thiocarbonyl (C=S) groups is 1. The predicted octanol–water partition coefficient (Wildman–Crippen LogP) is 3.90. The number of carbonyl (C=O) groups excluding carboxylic acids is 1. The first-order valence-electron chi connectivity index (χ1n) is 6.81. The molecule has 0 saturated heterocycles. The van der Waals surface area contributed by atoms with E-state index in [9.17, 15) is 4.79 Å². The normalized spacial score (nSPS) is 9.91. The molecule has 1 amide bonds. The molecule has 0 aliphatic carbocycles. The highest BCUT2D eigenvalue weighted by Gasteiger charge is 2.12. The van der Waals surface area contributed by atoms with Crippen LogP contribution in [0, 0.1) is 0 Å². The van der Waals surface area contributed by atoms with Gasteiger partial charge in [0.2, 0.25) is 0 Å². The van der Waals surface area contributed by atoms with Crippen molar-refractivity contribution in [3.05, 3.63) is 59.1 Å². The number of para-hydroxylation sites is 1. The topological polar surface area (TPSA) is 53.2 Å². The van der Waals surface area contributed by atoms with Crippen molar-refractivity contribution in [3.8, 4) is 0 Å². The maximum absolute atomic E-state index is 12.4. The van der Waals surface area contributed by atoms with Gasteiger partial charge in [-0.15, -0.1) is 0 Å². The van der Waals surface area contributed by atoms with Crippen LogP contribution in [0.25, 0.3) is 0 Å². The minimum atomic E-state index is -0.218. The van der Waals surface area contributed by atoms with Crippen molar-refractivity contribution in [2.24, 2.45) is 0 Å². The van der Waals surface area contributed by atoms with E-state index in [-0.39, 0.29) is 5.91 Å². The monoisotopic (exact) mass is 333 g/mol. The summed E-state index contributed by atoms with van der Waals surface area (Å²) in [5.74, 6) is -0.218. The molecule has 114 valence electrons. The van der Waals surface area contributed by atoms with Crippen LogP contribution in [0.1, 0.15) is 17.3 Å². The fraction of sp³-hybridized carbons (Fsp3) is 0.125. The Balaban J connectivity index is 2.15. The average Bonchev–Trinajstić information content (AvgIpc) is 2.50. The summed E-state index contributed by atoms with van der Waals surface area (Å²) in [6.45, 7) is 2.66. The summed E-state index contributed by atoms with van der Waals surface area (Å²) in [7, 11) is 0. The lowest BCUT2D eigenvalue weighted by Gasteiger charge is -2.13. The van der Waals surface area contributed by atoms with E-state index in [1.807, 2.05) is 13.0 Å². The van der Waals surface area contributed by atoms with E-state index < -0.39 is 0 Å². The molecule has 4 nitrogen and oxygen atoms in total. The number of hydrogen-bond donors (Lipinski definition) is 3. The molecule has 0 bridgehead atoms. The van der Waals surface area contributed by atoms with Crippen molar-refractivity contribution in [2.75, 3.05) is 17.2 Å². The zero-order chi connectivity index (χ0) is 15.9. The highest BCUT2D eigenvalue weighted by molar-refractivity contribution is 7.80. The average molecular weight is 334 g/mol. The molecule has 0 spiro atoms. The van der Waals surface area contributed by atoms with E-state index in [0.29, 0.717) is 33.6 Å². The molecule has 0 aliphatic heterocycles. The Bertz CT molecular complexity index is 673. The second-order valence-corrected chi connectivity index (χ2v) is 5.34. The van der Waals surface area contributed by atoms with Gasteiger partial charge < -0.3 is 16.0 Å². The number of halogens is 1. The molecule has 0 unspecified atom stereocenters. The van der Waals surface area contributed by atoms with Crippen molar-refractivity contribution < 1.29 is 4.79 Å². The third-order valence-corrected chi connectivity index (χ3v) is 3.36. The fourth-order valence-corrected chi connectivity index (χ4v) is 2.23. The van der Waals surface area contributed by atoms with Gasteiger partial charge >= 0.3 is 0 Å². The molecule has 0 aromatic heterocycles. The van der Waals surface area contributed by atoms with Gasteiger partial charge in [0.1, 0.15) is 0 Å². The van der Waals surface area contributed by atoms with Crippen molar-refractivity contribution in [3.63, 3.8) is 0 Å². The van der Waals surface area contributed by atoms with Crippen molar-refractivity contribution in [2.45, 2.75) is 6.92 Å². The molecule has 0 aliphatic rings. The number of amides is 1. The van der Waals surface area contributed by atoms with Crippen LogP contribution < -0.4 is 16.0 Å². The van der Waals surface area contributed by atoms with E-state index in [0.717, 1.165) is 0 Å². The largest absolute Gasteiger partial charge is 0.363 e. The quantitative estimate of drug-likeness (QED) is 0.743. The highest BCUT2D eigenvalue weighted by Crippen LogP contribution is 2.18. The van der Waals surface area contributed by atoms with Crippen LogP contribution in [-0.2, 0) is 0 Å². The third-order valence-electron chi connectivity index (χ3n) is 2.86. The molecule has 6 heteroatoms. The summed E-state index contributed by atoms with van der Waals surface area (Å²) in [6, 6.07) is 14.1. The zero-order valence-corrected chi connectivity index (χ0v) is 13.6. The summed E-state index contributed by atoms with van der Waals surface area (Å²) >= 11 is 11.0. The maximum atomic E-state index is 12.4. The molecule has 0 saturated carbocycles. The molecular weight excluding hydrogens is 318 g/mol. The molecular formula is C16H16ClN3OS. The number of rotatable bonds is 4. The minimum absolute atomic E-state index is 0.218. The van der Waals surface area contributed by atoms with Crippen LogP contribution in [0.5, 0.6) is 0 Å². The maximum Gasteiger partial charge on any atom is 0.257 e. The van der Waals surface area contributed by atoms with E-state index in [2.05, 4.69) is 16.0 Å². The first kappa shape index (κ1) is 16.3. The van der Waals surface area contributed by atoms with Crippen molar-refractivity contribution in [1.29, 1.82) is 0 Å². The Morgan fingerprint density at radius 3 is 2.45 bits per heavy atom. The van der Waals surface area contributed by atoms with Gasteiger partial charge in [-0.25, -0.2) is 0 Å². The number of anilines is 2. The lowest BCUT2D eigenvalue weighted by molar-refractivity contribution is 0.102. The Kier molecular flexibility index (Phi) is 5.75. The van der Waals surface area contributed by atoms with Gasteiger partial charge in [0, 0.05) is 17.3 Å². The standard InChI is InChI=1S/C16H16ClN3OS/c1-2-18-16(22)20-14-6-4-3-5-13(14)15(21)19-12-9-7-11(17)8-10-12/h3-10H,2H2,1H3,(H,19,21)(H2,18,20,22). The molecule has 0 radical (unpaired) electrons. The molecule has 3 N–H and O–H groups in total. The highest BCUT2D eigenvalue weighted by atomic mass is 35.5. The van der Waals surface area contributed by atoms with Crippen molar-refractivity contribution in [1.82, 2.24) is 5.32 Å². The predicted molar refractivity (Wildman–Crippen MR) is 95.7 cm³/mol. The molecule has 0 fully saturated rings. The number of nitrogens with one attached hydrogen (secondary N) is 3.